The molecule has 3 rings (SSSR count). The first-order chi connectivity index (χ1) is 12.0. The summed E-state index contributed by atoms with van der Waals surface area (Å²) in [6, 6.07) is 8.04. The zero-order valence-corrected chi connectivity index (χ0v) is 15.5. The third kappa shape index (κ3) is 4.04. The van der Waals surface area contributed by atoms with Crippen LogP contribution in [0.15, 0.2) is 35.2 Å². The van der Waals surface area contributed by atoms with E-state index in [1.54, 1.807) is 30.3 Å². The second-order valence-electron chi connectivity index (χ2n) is 6.92. The van der Waals surface area contributed by atoms with Gasteiger partial charge in [-0.05, 0) is 57.8 Å². The average Bonchev–Trinajstić information content (AvgIpc) is 3.31. The fraction of sp³-hybridized carbons (Fsp3) is 0.611. The average molecular weight is 365 g/mol. The molecule has 2 heterocycles. The Morgan fingerprint density at radius 3 is 2.52 bits per heavy atom. The number of carbonyl (C=O) groups excluding carboxylic acids is 1. The maximum atomic E-state index is 12.8. The van der Waals surface area contributed by atoms with Crippen molar-refractivity contribution in [3.63, 3.8) is 0 Å². The zero-order chi connectivity index (χ0) is 17.9. The molecule has 0 spiro atoms. The molecule has 2 aliphatic rings. The number of hydrogen-bond acceptors (Lipinski definition) is 4. The van der Waals surface area contributed by atoms with Crippen LogP contribution in [0.3, 0.4) is 0 Å². The molecule has 1 N–H and O–H groups in total. The van der Waals surface area contributed by atoms with Gasteiger partial charge in [-0.15, -0.1) is 0 Å². The first-order valence-corrected chi connectivity index (χ1v) is 10.5. The molecule has 7 heteroatoms. The number of nitrogens with one attached hydrogen (secondary N) is 1. The van der Waals surface area contributed by atoms with E-state index in [0.29, 0.717) is 25.9 Å². The highest BCUT2D eigenvalue weighted by Crippen LogP contribution is 2.26. The Kier molecular flexibility index (Phi) is 5.76. The molecule has 2 aliphatic heterocycles. The summed E-state index contributed by atoms with van der Waals surface area (Å²) in [6.45, 7) is 5.23. The molecule has 0 saturated carbocycles. The van der Waals surface area contributed by atoms with Crippen LogP contribution in [0.5, 0.6) is 0 Å². The highest BCUT2D eigenvalue weighted by molar-refractivity contribution is 7.89. The summed E-state index contributed by atoms with van der Waals surface area (Å²) in [5.41, 5.74) is 0. The molecule has 2 saturated heterocycles. The van der Waals surface area contributed by atoms with Gasteiger partial charge >= 0.3 is 0 Å². The molecule has 0 radical (unpaired) electrons. The van der Waals surface area contributed by atoms with Crippen molar-refractivity contribution in [3.05, 3.63) is 30.3 Å². The van der Waals surface area contributed by atoms with Crippen LogP contribution in [0.4, 0.5) is 0 Å². The Labute approximate surface area is 150 Å². The Morgan fingerprint density at radius 1 is 1.16 bits per heavy atom. The SMILES string of the molecule is C[C@H](CNC(=O)[C@H]1CCCN1S(=O)(=O)c1ccccc1)N1CCCC1. The molecule has 0 aromatic heterocycles. The van der Waals surface area contributed by atoms with Gasteiger partial charge in [-0.25, -0.2) is 8.42 Å². The first-order valence-electron chi connectivity index (χ1n) is 9.09. The number of amides is 1. The van der Waals surface area contributed by atoms with Crippen molar-refractivity contribution in [2.75, 3.05) is 26.2 Å². The molecule has 1 aromatic rings. The van der Waals surface area contributed by atoms with Gasteiger partial charge in [0.2, 0.25) is 15.9 Å². The predicted octanol–water partition coefficient (Wildman–Crippen LogP) is 1.44. The van der Waals surface area contributed by atoms with E-state index in [1.807, 2.05) is 0 Å². The van der Waals surface area contributed by atoms with Crippen LogP contribution in [0.1, 0.15) is 32.6 Å². The van der Waals surface area contributed by atoms with Crippen LogP contribution in [-0.4, -0.2) is 61.8 Å². The zero-order valence-electron chi connectivity index (χ0n) is 14.7. The Hall–Kier alpha value is -1.44. The molecule has 138 valence electrons. The molecule has 2 fully saturated rings. The summed E-state index contributed by atoms with van der Waals surface area (Å²) in [5, 5.41) is 2.97. The van der Waals surface area contributed by atoms with Gasteiger partial charge in [-0.3, -0.25) is 9.69 Å². The molecule has 0 bridgehead atoms. The Balaban J connectivity index is 1.63. The van der Waals surface area contributed by atoms with Crippen molar-refractivity contribution in [3.8, 4) is 0 Å². The van der Waals surface area contributed by atoms with E-state index in [4.69, 9.17) is 0 Å². The summed E-state index contributed by atoms with van der Waals surface area (Å²) in [6.07, 6.45) is 3.72. The van der Waals surface area contributed by atoms with E-state index < -0.39 is 16.1 Å². The predicted molar refractivity (Wildman–Crippen MR) is 96.6 cm³/mol. The topological polar surface area (TPSA) is 69.7 Å². The lowest BCUT2D eigenvalue weighted by molar-refractivity contribution is -0.124. The number of rotatable bonds is 6. The fourth-order valence-corrected chi connectivity index (χ4v) is 5.37. The number of hydrogen-bond donors (Lipinski definition) is 1. The van der Waals surface area contributed by atoms with Gasteiger partial charge in [0.15, 0.2) is 0 Å². The minimum absolute atomic E-state index is 0.178. The van der Waals surface area contributed by atoms with Crippen molar-refractivity contribution >= 4 is 15.9 Å². The quantitative estimate of drug-likeness (QED) is 0.828. The van der Waals surface area contributed by atoms with E-state index in [0.717, 1.165) is 13.1 Å². The second-order valence-corrected chi connectivity index (χ2v) is 8.81. The monoisotopic (exact) mass is 365 g/mol. The molecule has 1 aromatic carbocycles. The minimum Gasteiger partial charge on any atom is -0.353 e. The van der Waals surface area contributed by atoms with Crippen LogP contribution in [0.2, 0.25) is 0 Å². The van der Waals surface area contributed by atoms with E-state index in [-0.39, 0.29) is 16.8 Å². The summed E-state index contributed by atoms with van der Waals surface area (Å²) in [5.74, 6) is -0.178. The molecule has 0 aliphatic carbocycles. The summed E-state index contributed by atoms with van der Waals surface area (Å²) < 4.78 is 27.0. The van der Waals surface area contributed by atoms with Crippen molar-refractivity contribution in [2.24, 2.45) is 0 Å². The summed E-state index contributed by atoms with van der Waals surface area (Å²) >= 11 is 0. The van der Waals surface area contributed by atoms with Crippen molar-refractivity contribution < 1.29 is 13.2 Å². The maximum absolute atomic E-state index is 12.8. The maximum Gasteiger partial charge on any atom is 0.243 e. The lowest BCUT2D eigenvalue weighted by Crippen LogP contribution is -2.49. The molecular weight excluding hydrogens is 338 g/mol. The molecule has 25 heavy (non-hydrogen) atoms. The lowest BCUT2D eigenvalue weighted by Gasteiger charge is -2.27. The minimum atomic E-state index is -3.63. The lowest BCUT2D eigenvalue weighted by atomic mass is 10.2. The second kappa shape index (κ2) is 7.85. The van der Waals surface area contributed by atoms with Crippen LogP contribution < -0.4 is 5.32 Å². The van der Waals surface area contributed by atoms with Gasteiger partial charge in [0.05, 0.1) is 4.90 Å². The molecular formula is C18H27N3O3S. The van der Waals surface area contributed by atoms with Crippen LogP contribution >= 0.6 is 0 Å². The standard InChI is InChI=1S/C18H27N3O3S/c1-15(20-11-5-6-12-20)14-19-18(22)17-10-7-13-21(17)25(23,24)16-8-3-2-4-9-16/h2-4,8-9,15,17H,5-7,10-14H2,1H3,(H,19,22)/t15-,17-/m1/s1. The van der Waals surface area contributed by atoms with Gasteiger partial charge in [-0.2, -0.15) is 4.31 Å². The molecule has 1 amide bonds. The highest BCUT2D eigenvalue weighted by atomic mass is 32.2. The third-order valence-corrected chi connectivity index (χ3v) is 7.11. The molecule has 0 unspecified atom stereocenters. The number of carbonyl (C=O) groups is 1. The fourth-order valence-electron chi connectivity index (χ4n) is 3.70. The van der Waals surface area contributed by atoms with Crippen molar-refractivity contribution in [2.45, 2.75) is 49.6 Å². The highest BCUT2D eigenvalue weighted by Gasteiger charge is 2.39. The van der Waals surface area contributed by atoms with Gasteiger partial charge in [-0.1, -0.05) is 18.2 Å². The van der Waals surface area contributed by atoms with Crippen molar-refractivity contribution in [1.29, 1.82) is 0 Å². The molecule has 6 nitrogen and oxygen atoms in total. The van der Waals surface area contributed by atoms with Gasteiger partial charge in [0.1, 0.15) is 6.04 Å². The Morgan fingerprint density at radius 2 is 1.84 bits per heavy atom. The van der Waals surface area contributed by atoms with Crippen LogP contribution in [0.25, 0.3) is 0 Å². The van der Waals surface area contributed by atoms with Gasteiger partial charge in [0, 0.05) is 19.1 Å². The largest absolute Gasteiger partial charge is 0.353 e. The number of sulfonamides is 1. The van der Waals surface area contributed by atoms with E-state index in [1.165, 1.54) is 17.1 Å². The van der Waals surface area contributed by atoms with Crippen molar-refractivity contribution in [1.82, 2.24) is 14.5 Å². The smallest absolute Gasteiger partial charge is 0.243 e. The molecule has 2 atom stereocenters. The van der Waals surface area contributed by atoms with Gasteiger partial charge in [0.25, 0.3) is 0 Å². The normalized spacial score (nSPS) is 23.6. The van der Waals surface area contributed by atoms with E-state index >= 15 is 0 Å². The Bertz CT molecular complexity index is 687. The summed E-state index contributed by atoms with van der Waals surface area (Å²) in [4.78, 5) is 15.2. The first kappa shape index (κ1) is 18.4. The van der Waals surface area contributed by atoms with Crippen LogP contribution in [-0.2, 0) is 14.8 Å². The number of nitrogens with zero attached hydrogens (tertiary/aromatic N) is 2. The van der Waals surface area contributed by atoms with Crippen LogP contribution in [0, 0.1) is 0 Å². The van der Waals surface area contributed by atoms with E-state index in [2.05, 4.69) is 17.1 Å². The number of likely N-dealkylation sites (tertiary alicyclic amines) is 1. The van der Waals surface area contributed by atoms with Gasteiger partial charge < -0.3 is 5.32 Å². The van der Waals surface area contributed by atoms with E-state index in [9.17, 15) is 13.2 Å². The third-order valence-electron chi connectivity index (χ3n) is 5.19. The number of benzene rings is 1. The summed E-state index contributed by atoms with van der Waals surface area (Å²) in [7, 11) is -3.63.